The number of amides is 1. The summed E-state index contributed by atoms with van der Waals surface area (Å²) in [5, 5.41) is 16.6. The van der Waals surface area contributed by atoms with Crippen molar-refractivity contribution in [3.63, 3.8) is 0 Å². The molecule has 0 aromatic carbocycles. The van der Waals surface area contributed by atoms with Crippen LogP contribution in [0.25, 0.3) is 11.3 Å². The van der Waals surface area contributed by atoms with Crippen molar-refractivity contribution in [3.05, 3.63) is 46.5 Å². The zero-order valence-electron chi connectivity index (χ0n) is 14.2. The first kappa shape index (κ1) is 17.6. The highest BCUT2D eigenvalue weighted by atomic mass is 16.2. The zero-order chi connectivity index (χ0) is 18.5. The Morgan fingerprint density at radius 2 is 2.04 bits per heavy atom. The Hall–Kier alpha value is -3.23. The van der Waals surface area contributed by atoms with Gasteiger partial charge in [0.25, 0.3) is 11.5 Å². The number of nitrogens with zero attached hydrogens (tertiary/aromatic N) is 3. The van der Waals surface area contributed by atoms with Gasteiger partial charge in [0.15, 0.2) is 5.96 Å². The van der Waals surface area contributed by atoms with Gasteiger partial charge in [-0.25, -0.2) is 5.10 Å². The van der Waals surface area contributed by atoms with Gasteiger partial charge in [0, 0.05) is 37.6 Å². The van der Waals surface area contributed by atoms with Crippen LogP contribution in [-0.2, 0) is 0 Å². The molecule has 9 nitrogen and oxygen atoms in total. The topological polar surface area (TPSA) is 141 Å². The van der Waals surface area contributed by atoms with E-state index in [2.05, 4.69) is 20.5 Å². The Morgan fingerprint density at radius 1 is 1.35 bits per heavy atom. The van der Waals surface area contributed by atoms with E-state index in [0.29, 0.717) is 31.2 Å². The molecule has 0 spiro atoms. The number of guanidine groups is 1. The Balaban J connectivity index is 1.63. The van der Waals surface area contributed by atoms with Crippen LogP contribution in [0.5, 0.6) is 0 Å². The third kappa shape index (κ3) is 4.05. The normalized spacial score (nSPS) is 14.8. The largest absolute Gasteiger partial charge is 0.370 e. The van der Waals surface area contributed by atoms with Gasteiger partial charge in [-0.3, -0.25) is 20.0 Å². The Bertz CT molecular complexity index is 842. The number of likely N-dealkylation sites (tertiary alicyclic amines) is 1. The van der Waals surface area contributed by atoms with Crippen molar-refractivity contribution >= 4 is 11.9 Å². The number of carbonyl (C=O) groups is 1. The summed E-state index contributed by atoms with van der Waals surface area (Å²) < 4.78 is 0. The lowest BCUT2D eigenvalue weighted by Crippen LogP contribution is -2.44. The molecule has 9 heteroatoms. The Morgan fingerprint density at radius 3 is 2.69 bits per heavy atom. The molecule has 1 aliphatic heterocycles. The minimum atomic E-state index is -0.522. The van der Waals surface area contributed by atoms with E-state index in [9.17, 15) is 9.59 Å². The van der Waals surface area contributed by atoms with E-state index in [1.807, 2.05) is 4.90 Å². The van der Waals surface area contributed by atoms with Gasteiger partial charge < -0.3 is 16.0 Å². The molecule has 0 saturated carbocycles. The molecule has 5 N–H and O–H groups in total. The molecule has 1 aliphatic rings. The highest BCUT2D eigenvalue weighted by molar-refractivity contribution is 5.94. The standard InChI is InChI=1S/C17H21N7O2/c18-17(19)24-7-3-11(4-8-24)10-21-15(25)13-9-14(22-23-16(13)26)12-1-5-20-6-2-12/h1-2,5-6,9,11H,3-4,7-8,10H2,(H3,18,19)(H,21,25)(H,23,26). The van der Waals surface area contributed by atoms with Gasteiger partial charge in [-0.05, 0) is 37.0 Å². The van der Waals surface area contributed by atoms with E-state index in [0.717, 1.165) is 18.4 Å². The number of nitrogens with one attached hydrogen (secondary N) is 3. The van der Waals surface area contributed by atoms with Crippen LogP contribution < -0.4 is 16.6 Å². The summed E-state index contributed by atoms with van der Waals surface area (Å²) in [7, 11) is 0. The van der Waals surface area contributed by atoms with Crippen molar-refractivity contribution in [3.8, 4) is 11.3 Å². The number of aromatic amines is 1. The van der Waals surface area contributed by atoms with Gasteiger partial charge in [-0.1, -0.05) is 0 Å². The van der Waals surface area contributed by atoms with Crippen molar-refractivity contribution < 1.29 is 4.79 Å². The van der Waals surface area contributed by atoms with Crippen LogP contribution in [0.2, 0.25) is 0 Å². The molecule has 0 bridgehead atoms. The molecule has 3 heterocycles. The van der Waals surface area contributed by atoms with E-state index in [1.54, 1.807) is 24.5 Å². The maximum atomic E-state index is 12.4. The van der Waals surface area contributed by atoms with Crippen LogP contribution in [0.15, 0.2) is 35.4 Å². The van der Waals surface area contributed by atoms with E-state index >= 15 is 0 Å². The lowest BCUT2D eigenvalue weighted by Gasteiger charge is -2.32. The highest BCUT2D eigenvalue weighted by Gasteiger charge is 2.21. The predicted molar refractivity (Wildman–Crippen MR) is 96.6 cm³/mol. The average Bonchev–Trinajstić information content (AvgIpc) is 2.67. The molecule has 0 aliphatic carbocycles. The smallest absolute Gasteiger partial charge is 0.277 e. The molecule has 3 rings (SSSR count). The molecule has 26 heavy (non-hydrogen) atoms. The molecule has 1 fully saturated rings. The second-order valence-corrected chi connectivity index (χ2v) is 6.26. The van der Waals surface area contributed by atoms with Crippen molar-refractivity contribution in [1.29, 1.82) is 5.41 Å². The molecule has 2 aromatic heterocycles. The number of aromatic nitrogens is 3. The fourth-order valence-corrected chi connectivity index (χ4v) is 2.96. The maximum absolute atomic E-state index is 12.4. The lowest BCUT2D eigenvalue weighted by atomic mass is 9.97. The number of H-pyrrole nitrogens is 1. The summed E-state index contributed by atoms with van der Waals surface area (Å²) in [5.74, 6) is -0.0347. The maximum Gasteiger partial charge on any atom is 0.277 e. The number of rotatable bonds is 4. The van der Waals surface area contributed by atoms with Crippen LogP contribution >= 0.6 is 0 Å². The molecule has 1 saturated heterocycles. The van der Waals surface area contributed by atoms with Gasteiger partial charge in [0.05, 0.1) is 5.69 Å². The van der Waals surface area contributed by atoms with Crippen LogP contribution in [0.4, 0.5) is 0 Å². The molecular weight excluding hydrogens is 334 g/mol. The van der Waals surface area contributed by atoms with Gasteiger partial charge in [0.1, 0.15) is 5.56 Å². The van der Waals surface area contributed by atoms with Gasteiger partial charge in [0.2, 0.25) is 0 Å². The first-order valence-electron chi connectivity index (χ1n) is 8.42. The number of pyridine rings is 1. The van der Waals surface area contributed by atoms with Crippen molar-refractivity contribution in [2.75, 3.05) is 19.6 Å². The minimum Gasteiger partial charge on any atom is -0.370 e. The third-order valence-corrected chi connectivity index (χ3v) is 4.53. The molecule has 0 atom stereocenters. The van der Waals surface area contributed by atoms with Crippen LogP contribution in [0.3, 0.4) is 0 Å². The average molecular weight is 355 g/mol. The Labute approximate surface area is 150 Å². The number of piperidine rings is 1. The second kappa shape index (κ2) is 7.77. The molecule has 136 valence electrons. The second-order valence-electron chi connectivity index (χ2n) is 6.26. The summed E-state index contributed by atoms with van der Waals surface area (Å²) in [4.78, 5) is 30.2. The number of hydrogen-bond acceptors (Lipinski definition) is 5. The van der Waals surface area contributed by atoms with Crippen molar-refractivity contribution in [2.24, 2.45) is 11.7 Å². The summed E-state index contributed by atoms with van der Waals surface area (Å²) >= 11 is 0. The van der Waals surface area contributed by atoms with Crippen LogP contribution in [0, 0.1) is 11.3 Å². The number of hydrogen-bond donors (Lipinski definition) is 4. The minimum absolute atomic E-state index is 0.0352. The van der Waals surface area contributed by atoms with E-state index in [4.69, 9.17) is 11.1 Å². The zero-order valence-corrected chi connectivity index (χ0v) is 14.2. The lowest BCUT2D eigenvalue weighted by molar-refractivity contribution is 0.0939. The SMILES string of the molecule is N=C(N)N1CCC(CNC(=O)c2cc(-c3ccncc3)n[nH]c2=O)CC1. The predicted octanol–water partition coefficient (Wildman–Crippen LogP) is 0.167. The molecule has 1 amide bonds. The van der Waals surface area contributed by atoms with Gasteiger partial charge >= 0.3 is 0 Å². The van der Waals surface area contributed by atoms with Crippen molar-refractivity contribution in [2.45, 2.75) is 12.8 Å². The molecule has 0 radical (unpaired) electrons. The van der Waals surface area contributed by atoms with E-state index in [-0.39, 0.29) is 11.5 Å². The number of carbonyl (C=O) groups excluding carboxylic acids is 1. The summed E-state index contributed by atoms with van der Waals surface area (Å²) in [6.07, 6.45) is 4.92. The monoisotopic (exact) mass is 355 g/mol. The first-order valence-corrected chi connectivity index (χ1v) is 8.42. The first-order chi connectivity index (χ1) is 12.5. The molecular formula is C17H21N7O2. The fraction of sp³-hybridized carbons (Fsp3) is 0.353. The molecule has 2 aromatic rings. The van der Waals surface area contributed by atoms with Crippen LogP contribution in [0.1, 0.15) is 23.2 Å². The third-order valence-electron chi connectivity index (χ3n) is 4.53. The van der Waals surface area contributed by atoms with Gasteiger partial charge in [-0.15, -0.1) is 0 Å². The molecule has 0 unspecified atom stereocenters. The van der Waals surface area contributed by atoms with E-state index in [1.165, 1.54) is 6.07 Å². The van der Waals surface area contributed by atoms with Gasteiger partial charge in [-0.2, -0.15) is 5.10 Å². The number of nitrogens with two attached hydrogens (primary N) is 1. The summed E-state index contributed by atoms with van der Waals surface area (Å²) in [5.41, 5.74) is 6.27. The quantitative estimate of drug-likeness (QED) is 0.455. The van der Waals surface area contributed by atoms with Crippen LogP contribution in [-0.4, -0.2) is 51.6 Å². The highest BCUT2D eigenvalue weighted by Crippen LogP contribution is 2.17. The fourth-order valence-electron chi connectivity index (χ4n) is 2.96. The summed E-state index contributed by atoms with van der Waals surface area (Å²) in [6.45, 7) is 1.90. The van der Waals surface area contributed by atoms with E-state index < -0.39 is 11.5 Å². The Kier molecular flexibility index (Phi) is 5.26. The van der Waals surface area contributed by atoms with Crippen molar-refractivity contribution in [1.82, 2.24) is 25.4 Å². The summed E-state index contributed by atoms with van der Waals surface area (Å²) in [6, 6.07) is 5.00.